The molecule has 0 bridgehead atoms. The fourth-order valence-electron chi connectivity index (χ4n) is 3.10. The fraction of sp³-hybridized carbons (Fsp3) is 0.400. The maximum absolute atomic E-state index is 12.9. The molecule has 4 rings (SSSR count). The first kappa shape index (κ1) is 15.3. The van der Waals surface area contributed by atoms with Gasteiger partial charge < -0.3 is 10.7 Å². The summed E-state index contributed by atoms with van der Waals surface area (Å²) in [4.78, 5) is 7.44. The quantitative estimate of drug-likeness (QED) is 0.726. The Balaban J connectivity index is 1.80. The second kappa shape index (κ2) is 5.38. The van der Waals surface area contributed by atoms with Crippen LogP contribution in [0.5, 0.6) is 0 Å². The molecule has 1 aromatic carbocycles. The molecule has 3 aromatic rings. The minimum atomic E-state index is -3.51. The molecule has 0 spiro atoms. The first-order valence-corrected chi connectivity index (χ1v) is 9.31. The van der Waals surface area contributed by atoms with Gasteiger partial charge in [-0.2, -0.15) is 9.29 Å². The molecule has 0 unspecified atom stereocenters. The average molecular weight is 346 g/mol. The van der Waals surface area contributed by atoms with Gasteiger partial charge in [0.05, 0.1) is 4.90 Å². The number of anilines is 1. The van der Waals surface area contributed by atoms with Gasteiger partial charge in [-0.05, 0) is 37.0 Å². The number of nitrogen functional groups attached to an aromatic ring is 1. The van der Waals surface area contributed by atoms with Crippen molar-refractivity contribution >= 4 is 38.0 Å². The zero-order valence-corrected chi connectivity index (χ0v) is 14.0. The molecule has 8 nitrogen and oxygen atoms in total. The van der Waals surface area contributed by atoms with E-state index >= 15 is 0 Å². The molecule has 1 fully saturated rings. The molecule has 126 valence electrons. The van der Waals surface area contributed by atoms with E-state index in [9.17, 15) is 8.42 Å². The summed E-state index contributed by atoms with van der Waals surface area (Å²) in [5, 5.41) is 8.47. The summed E-state index contributed by atoms with van der Waals surface area (Å²) in [6.45, 7) is 3.28. The molecule has 0 aliphatic carbocycles. The van der Waals surface area contributed by atoms with E-state index in [1.54, 1.807) is 22.5 Å². The topological polar surface area (TPSA) is 118 Å². The molecule has 9 heteroatoms. The average Bonchev–Trinajstić information content (AvgIpc) is 2.91. The predicted molar refractivity (Wildman–Crippen MR) is 90.8 cm³/mol. The summed E-state index contributed by atoms with van der Waals surface area (Å²) in [6, 6.07) is 4.98. The summed E-state index contributed by atoms with van der Waals surface area (Å²) >= 11 is 0. The molecule has 1 aliphatic heterocycles. The lowest BCUT2D eigenvalue weighted by atomic mass is 10.0. The van der Waals surface area contributed by atoms with Gasteiger partial charge in [0.25, 0.3) is 0 Å². The number of H-pyrrole nitrogens is 1. The van der Waals surface area contributed by atoms with Crippen molar-refractivity contribution in [1.29, 1.82) is 0 Å². The van der Waals surface area contributed by atoms with Crippen LogP contribution >= 0.6 is 0 Å². The lowest BCUT2D eigenvalue weighted by Gasteiger charge is -2.29. The highest BCUT2D eigenvalue weighted by Crippen LogP contribution is 2.28. The smallest absolute Gasteiger partial charge is 0.243 e. The van der Waals surface area contributed by atoms with Crippen LogP contribution in [-0.2, 0) is 10.0 Å². The van der Waals surface area contributed by atoms with E-state index in [1.807, 2.05) is 0 Å². The summed E-state index contributed by atoms with van der Waals surface area (Å²) in [5.41, 5.74) is 7.32. The molecule has 1 saturated heterocycles. The fourth-order valence-corrected chi connectivity index (χ4v) is 4.59. The first-order chi connectivity index (χ1) is 11.4. The Hall–Kier alpha value is -2.26. The second-order valence-corrected chi connectivity index (χ2v) is 8.22. The van der Waals surface area contributed by atoms with Crippen LogP contribution in [0.25, 0.3) is 22.1 Å². The second-order valence-electron chi connectivity index (χ2n) is 6.29. The number of hydrogen-bond acceptors (Lipinski definition) is 6. The number of hydrogen-bond donors (Lipinski definition) is 2. The third-order valence-corrected chi connectivity index (χ3v) is 6.48. The molecule has 0 amide bonds. The lowest BCUT2D eigenvalue weighted by Crippen LogP contribution is -2.37. The summed E-state index contributed by atoms with van der Waals surface area (Å²) < 4.78 is 27.3. The molecule has 3 N–H and O–H groups in total. The van der Waals surface area contributed by atoms with Crippen molar-refractivity contribution in [2.75, 3.05) is 18.8 Å². The standard InChI is InChI=1S/C15H18N6O2S/c1-9-4-6-21(7-5-9)24(22,23)10-2-3-12-11(8-10)13-14(17-12)18-15(16)20-19-13/h2-3,8-9H,4-7H2,1H3,(H3,16,17,18,20). The zero-order valence-electron chi connectivity index (χ0n) is 13.2. The van der Waals surface area contributed by atoms with Crippen LogP contribution in [0.4, 0.5) is 5.95 Å². The highest BCUT2D eigenvalue weighted by atomic mass is 32.2. The van der Waals surface area contributed by atoms with Crippen molar-refractivity contribution in [3.05, 3.63) is 18.2 Å². The largest absolute Gasteiger partial charge is 0.366 e. The number of rotatable bonds is 2. The third-order valence-electron chi connectivity index (χ3n) is 4.58. The maximum atomic E-state index is 12.9. The van der Waals surface area contributed by atoms with Crippen molar-refractivity contribution in [3.8, 4) is 0 Å². The highest BCUT2D eigenvalue weighted by molar-refractivity contribution is 7.89. The number of sulfonamides is 1. The number of aromatic amines is 1. The molecule has 0 saturated carbocycles. The Kier molecular flexibility index (Phi) is 3.43. The summed E-state index contributed by atoms with van der Waals surface area (Å²) in [7, 11) is -3.51. The number of fused-ring (bicyclic) bond motifs is 3. The SMILES string of the molecule is CC1CCN(S(=O)(=O)c2ccc3[nH]c4nc(N)nnc4c3c2)CC1. The van der Waals surface area contributed by atoms with Gasteiger partial charge in [-0.25, -0.2) is 8.42 Å². The van der Waals surface area contributed by atoms with E-state index in [-0.39, 0.29) is 10.8 Å². The molecule has 1 aliphatic rings. The number of nitrogens with one attached hydrogen (secondary N) is 1. The molecular weight excluding hydrogens is 328 g/mol. The van der Waals surface area contributed by atoms with Crippen molar-refractivity contribution in [2.45, 2.75) is 24.7 Å². The number of nitrogens with two attached hydrogens (primary N) is 1. The van der Waals surface area contributed by atoms with Gasteiger partial charge in [0.15, 0.2) is 5.65 Å². The van der Waals surface area contributed by atoms with Crippen LogP contribution in [0.1, 0.15) is 19.8 Å². The molecular formula is C15H18N6O2S. The molecule has 24 heavy (non-hydrogen) atoms. The minimum absolute atomic E-state index is 0.0735. The van der Waals surface area contributed by atoms with Gasteiger partial charge in [0.2, 0.25) is 16.0 Å². The van der Waals surface area contributed by atoms with E-state index in [0.717, 1.165) is 18.4 Å². The van der Waals surface area contributed by atoms with Crippen molar-refractivity contribution in [1.82, 2.24) is 24.5 Å². The Morgan fingerprint density at radius 3 is 2.75 bits per heavy atom. The summed E-state index contributed by atoms with van der Waals surface area (Å²) in [6.07, 6.45) is 1.78. The Morgan fingerprint density at radius 2 is 2.00 bits per heavy atom. The highest BCUT2D eigenvalue weighted by Gasteiger charge is 2.28. The minimum Gasteiger partial charge on any atom is -0.366 e. The Bertz CT molecular complexity index is 1020. The van der Waals surface area contributed by atoms with E-state index in [0.29, 0.717) is 35.6 Å². The van der Waals surface area contributed by atoms with Crippen LogP contribution in [0, 0.1) is 5.92 Å². The monoisotopic (exact) mass is 346 g/mol. The van der Waals surface area contributed by atoms with Crippen LogP contribution in [0.15, 0.2) is 23.1 Å². The first-order valence-electron chi connectivity index (χ1n) is 7.87. The third kappa shape index (κ3) is 2.40. The number of benzene rings is 1. The van der Waals surface area contributed by atoms with Gasteiger partial charge in [-0.15, -0.1) is 10.2 Å². The number of piperidine rings is 1. The van der Waals surface area contributed by atoms with E-state index in [1.165, 1.54) is 0 Å². The zero-order chi connectivity index (χ0) is 16.9. The van der Waals surface area contributed by atoms with Crippen LogP contribution in [0.2, 0.25) is 0 Å². The Morgan fingerprint density at radius 1 is 1.25 bits per heavy atom. The lowest BCUT2D eigenvalue weighted by molar-refractivity contribution is 0.288. The predicted octanol–water partition coefficient (Wildman–Crippen LogP) is 1.51. The van der Waals surface area contributed by atoms with Gasteiger partial charge in [0.1, 0.15) is 5.52 Å². The van der Waals surface area contributed by atoms with Crippen LogP contribution < -0.4 is 5.73 Å². The maximum Gasteiger partial charge on any atom is 0.243 e. The van der Waals surface area contributed by atoms with E-state index in [4.69, 9.17) is 5.73 Å². The van der Waals surface area contributed by atoms with E-state index < -0.39 is 10.0 Å². The number of nitrogens with zero attached hydrogens (tertiary/aromatic N) is 4. The van der Waals surface area contributed by atoms with Gasteiger partial charge in [-0.3, -0.25) is 0 Å². The Labute approximate surface area is 139 Å². The molecule has 0 radical (unpaired) electrons. The molecule has 0 atom stereocenters. The van der Waals surface area contributed by atoms with Gasteiger partial charge in [-0.1, -0.05) is 6.92 Å². The van der Waals surface area contributed by atoms with Crippen LogP contribution in [0.3, 0.4) is 0 Å². The van der Waals surface area contributed by atoms with Crippen molar-refractivity contribution in [3.63, 3.8) is 0 Å². The van der Waals surface area contributed by atoms with Gasteiger partial charge >= 0.3 is 0 Å². The van der Waals surface area contributed by atoms with E-state index in [2.05, 4.69) is 27.1 Å². The van der Waals surface area contributed by atoms with Crippen LogP contribution in [-0.4, -0.2) is 46.0 Å². The van der Waals surface area contributed by atoms with Gasteiger partial charge in [0, 0.05) is 24.0 Å². The molecule has 3 heterocycles. The molecule has 2 aromatic heterocycles. The normalized spacial score (nSPS) is 17.7. The van der Waals surface area contributed by atoms with Crippen molar-refractivity contribution < 1.29 is 8.42 Å². The van der Waals surface area contributed by atoms with Crippen molar-refractivity contribution in [2.24, 2.45) is 5.92 Å². The summed E-state index contributed by atoms with van der Waals surface area (Å²) in [5.74, 6) is 0.642. The number of aromatic nitrogens is 4.